The van der Waals surface area contributed by atoms with Crippen molar-refractivity contribution >= 4 is 23.4 Å². The third-order valence-corrected chi connectivity index (χ3v) is 3.87. The van der Waals surface area contributed by atoms with Crippen LogP contribution in [-0.2, 0) is 0 Å². The van der Waals surface area contributed by atoms with Crippen LogP contribution >= 0.6 is 11.8 Å². The van der Waals surface area contributed by atoms with Crippen LogP contribution in [0.3, 0.4) is 0 Å². The minimum absolute atomic E-state index is 0.359. The standard InChI is InChI=1S/C10H17N5OS/c11-7-5-8(12)15-9(14-7)17-6-10(16)1-3-13-4-2-10/h5,13,16H,1-4,6H2,(H4,11,12,14,15). The number of hydrogen-bond acceptors (Lipinski definition) is 7. The number of nitrogens with two attached hydrogens (primary N) is 2. The normalized spacial score (nSPS) is 19.1. The molecule has 0 atom stereocenters. The molecule has 17 heavy (non-hydrogen) atoms. The van der Waals surface area contributed by atoms with Crippen molar-refractivity contribution in [2.24, 2.45) is 0 Å². The maximum absolute atomic E-state index is 10.3. The minimum Gasteiger partial charge on any atom is -0.389 e. The third-order valence-electron chi connectivity index (χ3n) is 2.75. The molecule has 1 aromatic heterocycles. The summed E-state index contributed by atoms with van der Waals surface area (Å²) in [4.78, 5) is 8.14. The highest BCUT2D eigenvalue weighted by molar-refractivity contribution is 7.99. The van der Waals surface area contributed by atoms with E-state index in [1.165, 1.54) is 17.8 Å². The summed E-state index contributed by atoms with van der Waals surface area (Å²) in [7, 11) is 0. The van der Waals surface area contributed by atoms with Crippen LogP contribution in [0.15, 0.2) is 11.2 Å². The topological polar surface area (TPSA) is 110 Å². The highest BCUT2D eigenvalue weighted by Gasteiger charge is 2.29. The summed E-state index contributed by atoms with van der Waals surface area (Å²) in [5.41, 5.74) is 10.5. The van der Waals surface area contributed by atoms with Gasteiger partial charge in [0.15, 0.2) is 5.16 Å². The lowest BCUT2D eigenvalue weighted by Gasteiger charge is -2.31. The number of nitrogen functional groups attached to an aromatic ring is 2. The number of piperidine rings is 1. The van der Waals surface area contributed by atoms with Crippen LogP contribution in [0.4, 0.5) is 11.6 Å². The fraction of sp³-hybridized carbons (Fsp3) is 0.600. The molecule has 0 radical (unpaired) electrons. The lowest BCUT2D eigenvalue weighted by molar-refractivity contribution is 0.0339. The van der Waals surface area contributed by atoms with E-state index >= 15 is 0 Å². The van der Waals surface area contributed by atoms with Gasteiger partial charge >= 0.3 is 0 Å². The van der Waals surface area contributed by atoms with Crippen LogP contribution in [0.25, 0.3) is 0 Å². The number of hydrogen-bond donors (Lipinski definition) is 4. The summed E-state index contributed by atoms with van der Waals surface area (Å²) in [5.74, 6) is 1.28. The van der Waals surface area contributed by atoms with Crippen LogP contribution in [0, 0.1) is 0 Å². The number of nitrogens with one attached hydrogen (secondary N) is 1. The van der Waals surface area contributed by atoms with Gasteiger partial charge in [-0.3, -0.25) is 0 Å². The van der Waals surface area contributed by atoms with Gasteiger partial charge in [0.05, 0.1) is 5.60 Å². The average molecular weight is 255 g/mol. The van der Waals surface area contributed by atoms with E-state index in [2.05, 4.69) is 15.3 Å². The third kappa shape index (κ3) is 3.45. The van der Waals surface area contributed by atoms with Crippen molar-refractivity contribution in [1.29, 1.82) is 0 Å². The highest BCUT2D eigenvalue weighted by atomic mass is 32.2. The largest absolute Gasteiger partial charge is 0.389 e. The number of rotatable bonds is 3. The van der Waals surface area contributed by atoms with Crippen LogP contribution in [0.5, 0.6) is 0 Å². The summed E-state index contributed by atoms with van der Waals surface area (Å²) in [6, 6.07) is 1.52. The Balaban J connectivity index is 1.96. The predicted molar refractivity (Wildman–Crippen MR) is 68.6 cm³/mol. The molecular weight excluding hydrogens is 238 g/mol. The number of nitrogens with zero attached hydrogens (tertiary/aromatic N) is 2. The Morgan fingerprint density at radius 2 is 1.88 bits per heavy atom. The Kier molecular flexibility index (Phi) is 3.70. The quantitative estimate of drug-likeness (QED) is 0.439. The summed E-state index contributed by atoms with van der Waals surface area (Å²) in [5, 5.41) is 14.0. The minimum atomic E-state index is -0.640. The molecule has 1 aromatic rings. The summed E-state index contributed by atoms with van der Waals surface area (Å²) in [6.45, 7) is 1.69. The molecule has 0 spiro atoms. The van der Waals surface area contributed by atoms with Crippen molar-refractivity contribution in [3.8, 4) is 0 Å². The summed E-state index contributed by atoms with van der Waals surface area (Å²) >= 11 is 1.39. The SMILES string of the molecule is Nc1cc(N)nc(SCC2(O)CCNCC2)n1. The second-order valence-electron chi connectivity index (χ2n) is 4.26. The Bertz CT molecular complexity index is 374. The maximum atomic E-state index is 10.3. The summed E-state index contributed by atoms with van der Waals surface area (Å²) in [6.07, 6.45) is 1.50. The first-order valence-corrected chi connectivity index (χ1v) is 6.52. The molecule has 1 fully saturated rings. The number of thioether (sulfide) groups is 1. The first-order chi connectivity index (χ1) is 8.07. The van der Waals surface area contributed by atoms with Gasteiger partial charge in [-0.2, -0.15) is 0 Å². The van der Waals surface area contributed by atoms with Gasteiger partial charge in [-0.05, 0) is 25.9 Å². The molecule has 2 rings (SSSR count). The van der Waals surface area contributed by atoms with E-state index in [9.17, 15) is 5.11 Å². The fourth-order valence-corrected chi connectivity index (χ4v) is 2.79. The predicted octanol–water partition coefficient (Wildman–Crippen LogP) is -0.152. The van der Waals surface area contributed by atoms with Crippen molar-refractivity contribution in [2.45, 2.75) is 23.6 Å². The average Bonchev–Trinajstić information content (AvgIpc) is 2.26. The molecule has 0 aliphatic carbocycles. The Hall–Kier alpha value is -1.05. The second kappa shape index (κ2) is 5.07. The number of aliphatic hydroxyl groups is 1. The van der Waals surface area contributed by atoms with E-state index in [0.717, 1.165) is 25.9 Å². The molecular formula is C10H17N5OS. The van der Waals surface area contributed by atoms with E-state index in [4.69, 9.17) is 11.5 Å². The van der Waals surface area contributed by atoms with Gasteiger partial charge in [-0.1, -0.05) is 11.8 Å². The van der Waals surface area contributed by atoms with Gasteiger partial charge in [0.25, 0.3) is 0 Å². The van der Waals surface area contributed by atoms with Crippen molar-refractivity contribution in [2.75, 3.05) is 30.3 Å². The highest BCUT2D eigenvalue weighted by Crippen LogP contribution is 2.26. The van der Waals surface area contributed by atoms with Gasteiger partial charge in [-0.25, -0.2) is 9.97 Å². The molecule has 0 saturated carbocycles. The summed E-state index contributed by atoms with van der Waals surface area (Å²) < 4.78 is 0. The van der Waals surface area contributed by atoms with Gasteiger partial charge < -0.3 is 21.9 Å². The zero-order valence-corrected chi connectivity index (χ0v) is 10.3. The first kappa shape index (κ1) is 12.4. The lowest BCUT2D eigenvalue weighted by Crippen LogP contribution is -2.43. The van der Waals surface area contributed by atoms with E-state index in [-0.39, 0.29) is 0 Å². The van der Waals surface area contributed by atoms with Crippen LogP contribution in [-0.4, -0.2) is 39.5 Å². The Labute approximate surface area is 104 Å². The lowest BCUT2D eigenvalue weighted by atomic mass is 9.95. The van der Waals surface area contributed by atoms with Gasteiger partial charge in [-0.15, -0.1) is 0 Å². The zero-order chi connectivity index (χ0) is 12.3. The van der Waals surface area contributed by atoms with E-state index in [1.54, 1.807) is 0 Å². The molecule has 1 aliphatic rings. The molecule has 0 amide bonds. The van der Waals surface area contributed by atoms with Crippen LogP contribution in [0.2, 0.25) is 0 Å². The van der Waals surface area contributed by atoms with Crippen molar-refractivity contribution in [3.05, 3.63) is 6.07 Å². The van der Waals surface area contributed by atoms with Crippen LogP contribution in [0.1, 0.15) is 12.8 Å². The monoisotopic (exact) mass is 255 g/mol. The van der Waals surface area contributed by atoms with E-state index in [0.29, 0.717) is 22.5 Å². The number of aromatic nitrogens is 2. The molecule has 1 saturated heterocycles. The van der Waals surface area contributed by atoms with Gasteiger partial charge in [0.2, 0.25) is 0 Å². The van der Waals surface area contributed by atoms with Gasteiger partial charge in [0.1, 0.15) is 11.6 Å². The molecule has 6 N–H and O–H groups in total. The molecule has 6 nitrogen and oxygen atoms in total. The molecule has 2 heterocycles. The maximum Gasteiger partial charge on any atom is 0.191 e. The Morgan fingerprint density at radius 3 is 2.47 bits per heavy atom. The molecule has 94 valence electrons. The van der Waals surface area contributed by atoms with Crippen molar-refractivity contribution in [3.63, 3.8) is 0 Å². The van der Waals surface area contributed by atoms with Crippen molar-refractivity contribution < 1.29 is 5.11 Å². The smallest absolute Gasteiger partial charge is 0.191 e. The molecule has 0 unspecified atom stereocenters. The molecule has 7 heteroatoms. The van der Waals surface area contributed by atoms with Crippen molar-refractivity contribution in [1.82, 2.24) is 15.3 Å². The van der Waals surface area contributed by atoms with E-state index < -0.39 is 5.60 Å². The molecule has 0 aromatic carbocycles. The molecule has 0 bridgehead atoms. The van der Waals surface area contributed by atoms with E-state index in [1.807, 2.05) is 0 Å². The number of anilines is 2. The van der Waals surface area contributed by atoms with Gasteiger partial charge in [0, 0.05) is 11.8 Å². The Morgan fingerprint density at radius 1 is 1.29 bits per heavy atom. The first-order valence-electron chi connectivity index (χ1n) is 5.53. The molecule has 1 aliphatic heterocycles. The fourth-order valence-electron chi connectivity index (χ4n) is 1.76. The second-order valence-corrected chi connectivity index (χ2v) is 5.21. The zero-order valence-electron chi connectivity index (χ0n) is 9.52. The van der Waals surface area contributed by atoms with Crippen LogP contribution < -0.4 is 16.8 Å².